The van der Waals surface area contributed by atoms with Gasteiger partial charge in [0.2, 0.25) is 11.1 Å². The number of halogens is 2. The Hall–Kier alpha value is -2.89. The van der Waals surface area contributed by atoms with E-state index in [2.05, 4.69) is 25.6 Å². The molecule has 0 fully saturated rings. The van der Waals surface area contributed by atoms with Gasteiger partial charge in [-0.15, -0.1) is 10.2 Å². The van der Waals surface area contributed by atoms with Gasteiger partial charge in [-0.05, 0) is 45.0 Å². The van der Waals surface area contributed by atoms with E-state index in [9.17, 15) is 18.4 Å². The van der Waals surface area contributed by atoms with Crippen molar-refractivity contribution in [3.8, 4) is 17.1 Å². The first-order chi connectivity index (χ1) is 13.0. The molecule has 1 heterocycles. The van der Waals surface area contributed by atoms with Crippen LogP contribution >= 0.6 is 11.8 Å². The van der Waals surface area contributed by atoms with Crippen molar-refractivity contribution in [1.82, 2.24) is 25.5 Å². The highest BCUT2D eigenvalue weighted by atomic mass is 32.2. The average Bonchev–Trinajstić information content (AvgIpc) is 2.92. The predicted molar refractivity (Wildman–Crippen MR) is 99.4 cm³/mol. The van der Waals surface area contributed by atoms with Crippen molar-refractivity contribution in [1.29, 1.82) is 0 Å². The van der Waals surface area contributed by atoms with Gasteiger partial charge in [-0.2, -0.15) is 8.78 Å². The second-order valence-corrected chi connectivity index (χ2v) is 7.56. The summed E-state index contributed by atoms with van der Waals surface area (Å²) in [6.07, 6.45) is 0. The Bertz CT molecular complexity index is 836. The van der Waals surface area contributed by atoms with Crippen LogP contribution in [0.25, 0.3) is 11.4 Å². The van der Waals surface area contributed by atoms with E-state index in [1.165, 1.54) is 24.3 Å². The maximum absolute atomic E-state index is 12.2. The smallest absolute Gasteiger partial charge is 0.387 e. The molecule has 0 bridgehead atoms. The zero-order valence-corrected chi connectivity index (χ0v) is 16.2. The van der Waals surface area contributed by atoms with Gasteiger partial charge in [-0.25, -0.2) is 9.47 Å². The zero-order valence-electron chi connectivity index (χ0n) is 15.4. The number of carbonyl (C=O) groups is 2. The third-order valence-electron chi connectivity index (χ3n) is 3.08. The lowest BCUT2D eigenvalue weighted by molar-refractivity contribution is -0.117. The molecule has 0 aliphatic carbocycles. The molecule has 152 valence electrons. The molecule has 2 rings (SSSR count). The minimum atomic E-state index is -2.91. The number of rotatable bonds is 6. The molecular weight excluding hydrogens is 394 g/mol. The number of thioether (sulfide) groups is 1. The molecule has 3 amide bonds. The third kappa shape index (κ3) is 6.37. The molecule has 0 radical (unpaired) electrons. The summed E-state index contributed by atoms with van der Waals surface area (Å²) in [5.41, 5.74) is 0.0530. The standard InChI is InChI=1S/C16H20F2N6O3S/c1-16(2,3)21-14(26)20-11(25)8-28-15-23-22-12(24(15)19)9-4-6-10(7-5-9)27-13(17)18/h4-7,13H,8,19H2,1-3H3,(H2,20,21,25,26). The number of amides is 3. The van der Waals surface area contributed by atoms with Crippen LogP contribution in [-0.4, -0.2) is 44.7 Å². The molecule has 1 aromatic heterocycles. The first-order valence-corrected chi connectivity index (χ1v) is 9.04. The van der Waals surface area contributed by atoms with Gasteiger partial charge >= 0.3 is 12.6 Å². The lowest BCUT2D eigenvalue weighted by Gasteiger charge is -2.20. The van der Waals surface area contributed by atoms with E-state index in [1.807, 2.05) is 0 Å². The molecule has 0 unspecified atom stereocenters. The fourth-order valence-electron chi connectivity index (χ4n) is 2.02. The highest BCUT2D eigenvalue weighted by Crippen LogP contribution is 2.24. The molecule has 1 aromatic carbocycles. The van der Waals surface area contributed by atoms with Crippen molar-refractivity contribution in [2.75, 3.05) is 11.6 Å². The number of nitrogens with two attached hydrogens (primary N) is 1. The Morgan fingerprint density at radius 2 is 1.89 bits per heavy atom. The number of hydrogen-bond acceptors (Lipinski definition) is 7. The molecule has 0 aliphatic rings. The Kier molecular flexibility index (Phi) is 6.78. The molecule has 0 atom stereocenters. The van der Waals surface area contributed by atoms with Crippen LogP contribution in [-0.2, 0) is 4.79 Å². The molecule has 0 spiro atoms. The first kappa shape index (κ1) is 21.4. The van der Waals surface area contributed by atoms with E-state index in [0.717, 1.165) is 16.4 Å². The van der Waals surface area contributed by atoms with Crippen LogP contribution < -0.4 is 21.2 Å². The molecule has 4 N–H and O–H groups in total. The maximum Gasteiger partial charge on any atom is 0.387 e. The number of carbonyl (C=O) groups excluding carboxylic acids is 2. The first-order valence-electron chi connectivity index (χ1n) is 8.05. The van der Waals surface area contributed by atoms with Crippen LogP contribution in [0.4, 0.5) is 13.6 Å². The van der Waals surface area contributed by atoms with Crippen molar-refractivity contribution >= 4 is 23.7 Å². The fourth-order valence-corrected chi connectivity index (χ4v) is 2.68. The second-order valence-electron chi connectivity index (χ2n) is 6.62. The summed E-state index contributed by atoms with van der Waals surface area (Å²) in [7, 11) is 0. The number of ether oxygens (including phenoxy) is 1. The topological polar surface area (TPSA) is 124 Å². The minimum absolute atomic E-state index is 0.00152. The van der Waals surface area contributed by atoms with Gasteiger partial charge in [0.05, 0.1) is 5.75 Å². The predicted octanol–water partition coefficient (Wildman–Crippen LogP) is 1.98. The van der Waals surface area contributed by atoms with Gasteiger partial charge in [0.15, 0.2) is 5.82 Å². The molecule has 9 nitrogen and oxygen atoms in total. The highest BCUT2D eigenvalue weighted by molar-refractivity contribution is 7.99. The lowest BCUT2D eigenvalue weighted by atomic mass is 10.1. The van der Waals surface area contributed by atoms with Crippen LogP contribution in [0.5, 0.6) is 5.75 Å². The molecule has 0 aliphatic heterocycles. The third-order valence-corrected chi connectivity index (χ3v) is 4.02. The lowest BCUT2D eigenvalue weighted by Crippen LogP contribution is -2.48. The molecule has 12 heteroatoms. The molecular formula is C16H20F2N6O3S. The van der Waals surface area contributed by atoms with Gasteiger partial charge in [0, 0.05) is 11.1 Å². The number of hydrogen-bond donors (Lipinski definition) is 3. The SMILES string of the molecule is CC(C)(C)NC(=O)NC(=O)CSc1nnc(-c2ccc(OC(F)F)cc2)n1N. The highest BCUT2D eigenvalue weighted by Gasteiger charge is 2.18. The van der Waals surface area contributed by atoms with E-state index < -0.39 is 24.1 Å². The Labute approximate surface area is 164 Å². The summed E-state index contributed by atoms with van der Waals surface area (Å²) in [5.74, 6) is 5.58. The van der Waals surface area contributed by atoms with E-state index in [4.69, 9.17) is 5.84 Å². The quantitative estimate of drug-likeness (QED) is 0.488. The number of aromatic nitrogens is 3. The van der Waals surface area contributed by atoms with Gasteiger partial charge in [-0.3, -0.25) is 10.1 Å². The summed E-state index contributed by atoms with van der Waals surface area (Å²) >= 11 is 0.991. The Morgan fingerprint density at radius 3 is 2.46 bits per heavy atom. The number of benzene rings is 1. The van der Waals surface area contributed by atoms with Gasteiger partial charge in [0.25, 0.3) is 0 Å². The summed E-state index contributed by atoms with van der Waals surface area (Å²) in [4.78, 5) is 23.5. The fraction of sp³-hybridized carbons (Fsp3) is 0.375. The number of imide groups is 1. The van der Waals surface area contributed by atoms with E-state index in [1.54, 1.807) is 20.8 Å². The number of nitrogens with zero attached hydrogens (tertiary/aromatic N) is 3. The molecule has 28 heavy (non-hydrogen) atoms. The Balaban J connectivity index is 1.96. The molecule has 0 saturated carbocycles. The molecule has 2 aromatic rings. The number of urea groups is 1. The van der Waals surface area contributed by atoms with E-state index in [0.29, 0.717) is 5.56 Å². The van der Waals surface area contributed by atoms with Crippen LogP contribution in [0.15, 0.2) is 29.4 Å². The van der Waals surface area contributed by atoms with Gasteiger partial charge in [-0.1, -0.05) is 11.8 Å². The minimum Gasteiger partial charge on any atom is -0.435 e. The maximum atomic E-state index is 12.2. The molecule has 0 saturated heterocycles. The van der Waals surface area contributed by atoms with Gasteiger partial charge in [0.1, 0.15) is 5.75 Å². The van der Waals surface area contributed by atoms with Crippen LogP contribution in [0, 0.1) is 0 Å². The normalized spacial score (nSPS) is 11.4. The van der Waals surface area contributed by atoms with E-state index in [-0.39, 0.29) is 22.5 Å². The largest absolute Gasteiger partial charge is 0.435 e. The van der Waals surface area contributed by atoms with Crippen molar-refractivity contribution in [2.45, 2.75) is 38.1 Å². The number of alkyl halides is 2. The summed E-state index contributed by atoms with van der Waals surface area (Å²) in [6, 6.07) is 5.11. The van der Waals surface area contributed by atoms with Crippen LogP contribution in [0.2, 0.25) is 0 Å². The van der Waals surface area contributed by atoms with Crippen molar-refractivity contribution in [3.05, 3.63) is 24.3 Å². The number of nitrogen functional groups attached to an aromatic ring is 1. The van der Waals surface area contributed by atoms with Gasteiger partial charge < -0.3 is 15.9 Å². The summed E-state index contributed by atoms with van der Waals surface area (Å²) < 4.78 is 29.8. The summed E-state index contributed by atoms with van der Waals surface area (Å²) in [5, 5.41) is 12.9. The van der Waals surface area contributed by atoms with E-state index >= 15 is 0 Å². The number of nitrogens with one attached hydrogen (secondary N) is 2. The summed E-state index contributed by atoms with van der Waals surface area (Å²) in [6.45, 7) is 2.45. The van der Waals surface area contributed by atoms with Crippen LogP contribution in [0.1, 0.15) is 20.8 Å². The Morgan fingerprint density at radius 1 is 1.25 bits per heavy atom. The van der Waals surface area contributed by atoms with Crippen LogP contribution in [0.3, 0.4) is 0 Å². The second kappa shape index (κ2) is 8.87. The monoisotopic (exact) mass is 414 g/mol. The van der Waals surface area contributed by atoms with Crippen molar-refractivity contribution in [2.24, 2.45) is 0 Å². The van der Waals surface area contributed by atoms with Crippen molar-refractivity contribution < 1.29 is 23.1 Å². The zero-order chi connectivity index (χ0) is 20.9. The van der Waals surface area contributed by atoms with Crippen molar-refractivity contribution in [3.63, 3.8) is 0 Å². The average molecular weight is 414 g/mol.